The predicted octanol–water partition coefficient (Wildman–Crippen LogP) is 8.55. The molecule has 3 aromatic rings. The van der Waals surface area contributed by atoms with Crippen LogP contribution in [-0.4, -0.2) is 5.71 Å². The molecule has 0 fully saturated rings. The van der Waals surface area contributed by atoms with E-state index in [1.54, 1.807) is 0 Å². The lowest BCUT2D eigenvalue weighted by atomic mass is 10.0. The average Bonchev–Trinajstić information content (AvgIpc) is 2.87. The van der Waals surface area contributed by atoms with E-state index in [4.69, 9.17) is 10.7 Å². The topological polar surface area (TPSA) is 38.4 Å². The minimum atomic E-state index is 0.488. The lowest BCUT2D eigenvalue weighted by Crippen LogP contribution is -2.00. The van der Waals surface area contributed by atoms with Crippen molar-refractivity contribution in [1.82, 2.24) is 0 Å². The zero-order chi connectivity index (χ0) is 25.9. The summed E-state index contributed by atoms with van der Waals surface area (Å²) in [6.45, 7) is 12.9. The molecular formula is C34H38N2. The van der Waals surface area contributed by atoms with Crippen LogP contribution in [0, 0.1) is 5.92 Å². The van der Waals surface area contributed by atoms with E-state index in [1.807, 2.05) is 25.1 Å². The number of aliphatic imine (C=N–C) groups is 1. The number of benzene rings is 3. The van der Waals surface area contributed by atoms with Gasteiger partial charge in [0.1, 0.15) is 0 Å². The smallest absolute Gasteiger partial charge is 0.0643 e. The normalized spacial score (nSPS) is 12.7. The summed E-state index contributed by atoms with van der Waals surface area (Å²) in [5.41, 5.74) is 16.2. The molecule has 3 aromatic carbocycles. The summed E-state index contributed by atoms with van der Waals surface area (Å²) < 4.78 is 0. The maximum absolute atomic E-state index is 6.45. The van der Waals surface area contributed by atoms with Crippen molar-refractivity contribution in [2.45, 2.75) is 40.7 Å². The summed E-state index contributed by atoms with van der Waals surface area (Å²) in [6, 6.07) is 25.6. The summed E-state index contributed by atoms with van der Waals surface area (Å²) in [6.07, 6.45) is 11.2. The zero-order valence-electron chi connectivity index (χ0n) is 22.0. The van der Waals surface area contributed by atoms with Crippen LogP contribution in [-0.2, 0) is 13.0 Å². The van der Waals surface area contributed by atoms with Gasteiger partial charge in [0.2, 0.25) is 0 Å². The number of rotatable bonds is 10. The van der Waals surface area contributed by atoms with Gasteiger partial charge in [-0.15, -0.1) is 0 Å². The fourth-order valence-electron chi connectivity index (χ4n) is 3.85. The second-order valence-corrected chi connectivity index (χ2v) is 9.59. The molecule has 3 rings (SSSR count). The van der Waals surface area contributed by atoms with Crippen LogP contribution in [0.2, 0.25) is 0 Å². The van der Waals surface area contributed by atoms with Crippen LogP contribution in [0.5, 0.6) is 0 Å². The van der Waals surface area contributed by atoms with Crippen molar-refractivity contribution in [3.8, 4) is 11.1 Å². The van der Waals surface area contributed by atoms with Crippen molar-refractivity contribution in [1.29, 1.82) is 0 Å². The summed E-state index contributed by atoms with van der Waals surface area (Å²) in [7, 11) is 0. The molecule has 0 saturated heterocycles. The summed E-state index contributed by atoms with van der Waals surface area (Å²) in [5, 5.41) is 0. The quantitative estimate of drug-likeness (QED) is 0.232. The fourth-order valence-corrected chi connectivity index (χ4v) is 3.85. The SMILES string of the molecule is C=C(C)/C=C\Cc1cc(CN=C(C)c2ccc(-c3ccccc3)cc2)cc(/C(N)=C/C=C\C(C)C)c1. The van der Waals surface area contributed by atoms with E-state index in [2.05, 4.69) is 112 Å². The lowest BCUT2D eigenvalue weighted by molar-refractivity contribution is 0.832. The molecule has 0 aliphatic rings. The van der Waals surface area contributed by atoms with Gasteiger partial charge in [-0.1, -0.05) is 111 Å². The molecule has 0 aromatic heterocycles. The first-order valence-corrected chi connectivity index (χ1v) is 12.6. The van der Waals surface area contributed by atoms with Gasteiger partial charge in [0.15, 0.2) is 0 Å². The Labute approximate surface area is 217 Å². The Morgan fingerprint density at radius 3 is 2.22 bits per heavy atom. The van der Waals surface area contributed by atoms with Crippen molar-refractivity contribution < 1.29 is 0 Å². The molecule has 0 aliphatic heterocycles. The third-order valence-electron chi connectivity index (χ3n) is 5.82. The molecule has 2 heteroatoms. The van der Waals surface area contributed by atoms with Crippen LogP contribution >= 0.6 is 0 Å². The first kappa shape index (κ1) is 26.7. The Hall–Kier alpha value is -3.91. The number of nitrogens with zero attached hydrogens (tertiary/aromatic N) is 1. The number of allylic oxidation sites excluding steroid dienone is 6. The van der Waals surface area contributed by atoms with Crippen LogP contribution in [0.15, 0.2) is 120 Å². The Morgan fingerprint density at radius 1 is 0.889 bits per heavy atom. The van der Waals surface area contributed by atoms with E-state index in [1.165, 1.54) is 16.7 Å². The lowest BCUT2D eigenvalue weighted by Gasteiger charge is -2.09. The molecule has 0 aliphatic carbocycles. The minimum Gasteiger partial charge on any atom is -0.398 e. The molecule has 2 N–H and O–H groups in total. The first-order valence-electron chi connectivity index (χ1n) is 12.6. The number of hydrogen-bond donors (Lipinski definition) is 1. The van der Waals surface area contributed by atoms with E-state index in [-0.39, 0.29) is 0 Å². The van der Waals surface area contributed by atoms with Gasteiger partial charge >= 0.3 is 0 Å². The van der Waals surface area contributed by atoms with Gasteiger partial charge < -0.3 is 5.73 Å². The Kier molecular flexibility index (Phi) is 9.82. The van der Waals surface area contributed by atoms with E-state index in [0.717, 1.165) is 40.1 Å². The maximum atomic E-state index is 6.45. The molecule has 36 heavy (non-hydrogen) atoms. The number of nitrogens with two attached hydrogens (primary N) is 1. The standard InChI is InChI=1S/C34H38N2/c1-25(2)11-9-13-28-21-29(23-33(22-28)34(35)16-10-12-26(3)4)24-36-27(5)30-17-19-32(20-18-30)31-14-7-6-8-15-31/h6-12,14-23,26H,1,13,24,35H2,2-5H3/b11-9-,12-10-,34-16-,36-27?. The van der Waals surface area contributed by atoms with Gasteiger partial charge in [0.05, 0.1) is 6.54 Å². The summed E-state index contributed by atoms with van der Waals surface area (Å²) in [5.74, 6) is 0.488. The molecule has 0 heterocycles. The summed E-state index contributed by atoms with van der Waals surface area (Å²) >= 11 is 0. The fraction of sp³-hybridized carbons (Fsp3) is 0.206. The van der Waals surface area contributed by atoms with Gasteiger partial charge in [-0.3, -0.25) is 4.99 Å². The van der Waals surface area contributed by atoms with Crippen molar-refractivity contribution in [2.75, 3.05) is 0 Å². The molecular weight excluding hydrogens is 436 g/mol. The Balaban J connectivity index is 1.83. The van der Waals surface area contributed by atoms with Crippen molar-refractivity contribution in [2.24, 2.45) is 16.6 Å². The van der Waals surface area contributed by atoms with Crippen molar-refractivity contribution in [3.63, 3.8) is 0 Å². The van der Waals surface area contributed by atoms with E-state index >= 15 is 0 Å². The molecule has 2 nitrogen and oxygen atoms in total. The van der Waals surface area contributed by atoms with Crippen LogP contribution in [0.4, 0.5) is 0 Å². The molecule has 0 radical (unpaired) electrons. The van der Waals surface area contributed by atoms with Crippen molar-refractivity contribution in [3.05, 3.63) is 138 Å². The van der Waals surface area contributed by atoms with Gasteiger partial charge in [0, 0.05) is 11.4 Å². The van der Waals surface area contributed by atoms with Gasteiger partial charge in [-0.2, -0.15) is 0 Å². The monoisotopic (exact) mass is 474 g/mol. The second-order valence-electron chi connectivity index (χ2n) is 9.59. The molecule has 0 spiro atoms. The van der Waals surface area contributed by atoms with Gasteiger partial charge in [-0.25, -0.2) is 0 Å². The molecule has 184 valence electrons. The number of hydrogen-bond acceptors (Lipinski definition) is 2. The predicted molar refractivity (Wildman–Crippen MR) is 158 cm³/mol. The first-order chi connectivity index (χ1) is 17.3. The summed E-state index contributed by atoms with van der Waals surface area (Å²) in [4.78, 5) is 4.91. The van der Waals surface area contributed by atoms with Crippen LogP contribution < -0.4 is 5.73 Å². The second kappa shape index (κ2) is 13.3. The highest BCUT2D eigenvalue weighted by Crippen LogP contribution is 2.21. The van der Waals surface area contributed by atoms with Crippen LogP contribution in [0.25, 0.3) is 16.8 Å². The van der Waals surface area contributed by atoms with E-state index in [9.17, 15) is 0 Å². The highest BCUT2D eigenvalue weighted by molar-refractivity contribution is 5.99. The van der Waals surface area contributed by atoms with Gasteiger partial charge in [-0.05, 0) is 77.8 Å². The largest absolute Gasteiger partial charge is 0.398 e. The Morgan fingerprint density at radius 2 is 1.56 bits per heavy atom. The highest BCUT2D eigenvalue weighted by Gasteiger charge is 2.05. The minimum absolute atomic E-state index is 0.488. The third-order valence-corrected chi connectivity index (χ3v) is 5.82. The molecule has 0 unspecified atom stereocenters. The zero-order valence-corrected chi connectivity index (χ0v) is 22.0. The van der Waals surface area contributed by atoms with Crippen molar-refractivity contribution >= 4 is 11.4 Å². The maximum Gasteiger partial charge on any atom is 0.0643 e. The van der Waals surface area contributed by atoms with E-state index in [0.29, 0.717) is 12.5 Å². The Bertz CT molecular complexity index is 1270. The molecule has 0 bridgehead atoms. The average molecular weight is 475 g/mol. The molecule has 0 saturated carbocycles. The van der Waals surface area contributed by atoms with E-state index < -0.39 is 0 Å². The third kappa shape index (κ3) is 8.39. The molecule has 0 amide bonds. The van der Waals surface area contributed by atoms with Crippen LogP contribution in [0.3, 0.4) is 0 Å². The van der Waals surface area contributed by atoms with Crippen LogP contribution in [0.1, 0.15) is 49.9 Å². The molecule has 0 atom stereocenters. The highest BCUT2D eigenvalue weighted by atomic mass is 14.7. The van der Waals surface area contributed by atoms with Gasteiger partial charge in [0.25, 0.3) is 0 Å².